The molecular weight excluding hydrogens is 487 g/mol. The molecule has 0 amide bonds. The van der Waals surface area contributed by atoms with Crippen LogP contribution in [0.25, 0.3) is 11.1 Å². The SMILES string of the molecule is COCCOC(c1cc(COc2cccc(CCC(=O)O)c2)ccc1-c1cc(OC)ccc1F)C(C)(C)C. The molecule has 0 bridgehead atoms. The summed E-state index contributed by atoms with van der Waals surface area (Å²) in [6, 6.07) is 18.0. The second kappa shape index (κ2) is 13.4. The second-order valence-electron chi connectivity index (χ2n) is 10.2. The fourth-order valence-corrected chi connectivity index (χ4v) is 4.27. The van der Waals surface area contributed by atoms with Gasteiger partial charge in [-0.25, -0.2) is 4.39 Å². The Morgan fingerprint density at radius 1 is 0.921 bits per heavy atom. The molecule has 1 unspecified atom stereocenters. The number of ether oxygens (including phenoxy) is 4. The lowest BCUT2D eigenvalue weighted by Crippen LogP contribution is -2.24. The number of carboxylic acid groups (broad SMARTS) is 1. The first-order valence-electron chi connectivity index (χ1n) is 12.6. The van der Waals surface area contributed by atoms with E-state index in [4.69, 9.17) is 24.1 Å². The number of carbonyl (C=O) groups is 1. The zero-order valence-corrected chi connectivity index (χ0v) is 22.8. The van der Waals surface area contributed by atoms with Gasteiger partial charge in [0.25, 0.3) is 0 Å². The maximum absolute atomic E-state index is 15.1. The fourth-order valence-electron chi connectivity index (χ4n) is 4.27. The highest BCUT2D eigenvalue weighted by atomic mass is 19.1. The van der Waals surface area contributed by atoms with Crippen LogP contribution in [0, 0.1) is 11.2 Å². The van der Waals surface area contributed by atoms with E-state index in [1.54, 1.807) is 26.4 Å². The molecule has 0 saturated carbocycles. The molecule has 1 N–H and O–H groups in total. The summed E-state index contributed by atoms with van der Waals surface area (Å²) in [6.45, 7) is 7.37. The highest BCUT2D eigenvalue weighted by molar-refractivity contribution is 5.70. The highest BCUT2D eigenvalue weighted by Crippen LogP contribution is 2.42. The molecule has 3 rings (SSSR count). The molecule has 3 aromatic rings. The van der Waals surface area contributed by atoms with Crippen molar-refractivity contribution in [2.75, 3.05) is 27.4 Å². The quantitative estimate of drug-likeness (QED) is 0.247. The predicted octanol–water partition coefficient (Wildman–Crippen LogP) is 6.85. The van der Waals surface area contributed by atoms with Crippen molar-refractivity contribution < 1.29 is 33.2 Å². The summed E-state index contributed by atoms with van der Waals surface area (Å²) in [5, 5.41) is 8.96. The first-order valence-corrected chi connectivity index (χ1v) is 12.6. The lowest BCUT2D eigenvalue weighted by molar-refractivity contribution is -0.136. The van der Waals surface area contributed by atoms with Crippen molar-refractivity contribution >= 4 is 5.97 Å². The number of hydrogen-bond acceptors (Lipinski definition) is 5. The van der Waals surface area contributed by atoms with Crippen LogP contribution in [-0.2, 0) is 27.3 Å². The Bertz CT molecular complexity index is 1220. The minimum absolute atomic E-state index is 0.0619. The number of aryl methyl sites for hydroxylation is 1. The first kappa shape index (κ1) is 29.1. The molecular formula is C31H37FO6. The molecule has 7 heteroatoms. The number of halogens is 1. The van der Waals surface area contributed by atoms with Gasteiger partial charge in [0.05, 0.1) is 26.4 Å². The summed E-state index contributed by atoms with van der Waals surface area (Å²) in [4.78, 5) is 10.9. The highest BCUT2D eigenvalue weighted by Gasteiger charge is 2.30. The van der Waals surface area contributed by atoms with Gasteiger partial charge in [-0.05, 0) is 70.5 Å². The van der Waals surface area contributed by atoms with Gasteiger partial charge in [-0.15, -0.1) is 0 Å². The molecule has 0 aliphatic carbocycles. The number of benzene rings is 3. The minimum Gasteiger partial charge on any atom is -0.497 e. The lowest BCUT2D eigenvalue weighted by atomic mass is 9.81. The van der Waals surface area contributed by atoms with Crippen LogP contribution >= 0.6 is 0 Å². The van der Waals surface area contributed by atoms with E-state index in [2.05, 4.69) is 20.8 Å². The zero-order valence-electron chi connectivity index (χ0n) is 22.8. The van der Waals surface area contributed by atoms with Crippen LogP contribution in [0.5, 0.6) is 11.5 Å². The average Bonchev–Trinajstić information content (AvgIpc) is 2.88. The number of hydrogen-bond donors (Lipinski definition) is 1. The standard InChI is InChI=1S/C31H37FO6/c1-31(2,3)30(37-16-15-35-4)27-18-22(9-12-25(27)26-19-23(36-5)11-13-28(26)32)20-38-24-8-6-7-21(17-24)10-14-29(33)34/h6-9,11-13,17-19,30H,10,14-16,20H2,1-5H3,(H,33,34). The molecule has 0 fully saturated rings. The van der Waals surface area contributed by atoms with Crippen molar-refractivity contribution in [1.82, 2.24) is 0 Å². The third-order valence-corrected chi connectivity index (χ3v) is 6.15. The van der Waals surface area contributed by atoms with Crippen LogP contribution in [0.15, 0.2) is 60.7 Å². The van der Waals surface area contributed by atoms with E-state index in [0.717, 1.165) is 22.3 Å². The Morgan fingerprint density at radius 3 is 2.39 bits per heavy atom. The molecule has 38 heavy (non-hydrogen) atoms. The number of rotatable bonds is 13. The maximum Gasteiger partial charge on any atom is 0.303 e. The zero-order chi connectivity index (χ0) is 27.7. The largest absolute Gasteiger partial charge is 0.497 e. The number of carboxylic acids is 1. The molecule has 0 radical (unpaired) electrons. The molecule has 1 atom stereocenters. The molecule has 0 spiro atoms. The monoisotopic (exact) mass is 524 g/mol. The fraction of sp³-hybridized carbons (Fsp3) is 0.387. The molecule has 0 heterocycles. The van der Waals surface area contributed by atoms with E-state index >= 15 is 4.39 Å². The number of aliphatic carboxylic acids is 1. The summed E-state index contributed by atoms with van der Waals surface area (Å²) in [5.41, 5.74) is 3.50. The summed E-state index contributed by atoms with van der Waals surface area (Å²) in [5.74, 6) is 0.0348. The Labute approximate surface area is 224 Å². The minimum atomic E-state index is -0.836. The molecule has 3 aromatic carbocycles. The van der Waals surface area contributed by atoms with Gasteiger partial charge in [0.2, 0.25) is 0 Å². The summed E-state index contributed by atoms with van der Waals surface area (Å²) in [7, 11) is 3.18. The van der Waals surface area contributed by atoms with Gasteiger partial charge in [0.1, 0.15) is 23.9 Å². The van der Waals surface area contributed by atoms with E-state index in [1.165, 1.54) is 6.07 Å². The van der Waals surface area contributed by atoms with Crippen LogP contribution < -0.4 is 9.47 Å². The second-order valence-corrected chi connectivity index (χ2v) is 10.2. The average molecular weight is 525 g/mol. The van der Waals surface area contributed by atoms with E-state index in [0.29, 0.717) is 36.7 Å². The molecule has 0 aliphatic rings. The van der Waals surface area contributed by atoms with Crippen molar-refractivity contribution in [2.24, 2.45) is 5.41 Å². The smallest absolute Gasteiger partial charge is 0.303 e. The summed E-state index contributed by atoms with van der Waals surface area (Å²) < 4.78 is 38.0. The Balaban J connectivity index is 1.97. The Morgan fingerprint density at radius 2 is 1.71 bits per heavy atom. The van der Waals surface area contributed by atoms with Gasteiger partial charge < -0.3 is 24.1 Å². The normalized spacial score (nSPS) is 12.3. The Kier molecular flexibility index (Phi) is 10.3. The number of methoxy groups -OCH3 is 2. The van der Waals surface area contributed by atoms with Gasteiger partial charge in [0, 0.05) is 19.1 Å². The predicted molar refractivity (Wildman–Crippen MR) is 145 cm³/mol. The molecule has 0 aromatic heterocycles. The van der Waals surface area contributed by atoms with Gasteiger partial charge in [0.15, 0.2) is 0 Å². The van der Waals surface area contributed by atoms with Crippen LogP contribution in [0.4, 0.5) is 4.39 Å². The van der Waals surface area contributed by atoms with Crippen molar-refractivity contribution in [3.63, 3.8) is 0 Å². The summed E-state index contributed by atoms with van der Waals surface area (Å²) >= 11 is 0. The van der Waals surface area contributed by atoms with Crippen molar-refractivity contribution in [1.29, 1.82) is 0 Å². The van der Waals surface area contributed by atoms with Crippen molar-refractivity contribution in [2.45, 2.75) is 46.3 Å². The summed E-state index contributed by atoms with van der Waals surface area (Å²) in [6.07, 6.45) is 0.146. The van der Waals surface area contributed by atoms with Gasteiger partial charge >= 0.3 is 5.97 Å². The maximum atomic E-state index is 15.1. The van der Waals surface area contributed by atoms with Gasteiger partial charge in [-0.1, -0.05) is 45.0 Å². The van der Waals surface area contributed by atoms with Crippen molar-refractivity contribution in [3.05, 3.63) is 83.2 Å². The molecule has 204 valence electrons. The van der Waals surface area contributed by atoms with E-state index < -0.39 is 5.97 Å². The van der Waals surface area contributed by atoms with Crippen LogP contribution in [0.3, 0.4) is 0 Å². The molecule has 0 aliphatic heterocycles. The van der Waals surface area contributed by atoms with Crippen LogP contribution in [0.2, 0.25) is 0 Å². The molecule has 6 nitrogen and oxygen atoms in total. The van der Waals surface area contributed by atoms with Crippen LogP contribution in [0.1, 0.15) is 50.0 Å². The topological polar surface area (TPSA) is 74.2 Å². The van der Waals surface area contributed by atoms with E-state index in [1.807, 2.05) is 42.5 Å². The van der Waals surface area contributed by atoms with E-state index in [-0.39, 0.29) is 30.4 Å². The first-order chi connectivity index (χ1) is 18.1. The third-order valence-electron chi connectivity index (χ3n) is 6.15. The van der Waals surface area contributed by atoms with Gasteiger partial charge in [-0.2, -0.15) is 0 Å². The Hall–Kier alpha value is -3.42. The third kappa shape index (κ3) is 8.04. The van der Waals surface area contributed by atoms with E-state index in [9.17, 15) is 4.79 Å². The van der Waals surface area contributed by atoms with Gasteiger partial charge in [-0.3, -0.25) is 4.79 Å². The molecule has 0 saturated heterocycles. The van der Waals surface area contributed by atoms with Crippen LogP contribution in [-0.4, -0.2) is 38.5 Å². The lowest BCUT2D eigenvalue weighted by Gasteiger charge is -2.33. The van der Waals surface area contributed by atoms with Crippen molar-refractivity contribution in [3.8, 4) is 22.6 Å².